The molecule has 2 aromatic rings. The lowest BCUT2D eigenvalue weighted by Crippen LogP contribution is -2.44. The number of amides is 1. The van der Waals surface area contributed by atoms with Crippen LogP contribution in [0, 0.1) is 5.82 Å². The van der Waals surface area contributed by atoms with Crippen molar-refractivity contribution in [2.75, 3.05) is 18.5 Å². The van der Waals surface area contributed by atoms with E-state index in [1.165, 1.54) is 18.2 Å². The molecule has 1 aliphatic heterocycles. The first-order valence-electron chi connectivity index (χ1n) is 7.61. The Hall–Kier alpha value is -1.43. The van der Waals surface area contributed by atoms with Crippen molar-refractivity contribution in [2.45, 2.75) is 18.3 Å². The summed E-state index contributed by atoms with van der Waals surface area (Å²) >= 11 is 9.22. The summed E-state index contributed by atoms with van der Waals surface area (Å²) in [4.78, 5) is 13.1. The Labute approximate surface area is 153 Å². The number of halogens is 3. The molecule has 2 aromatic carbocycles. The second-order valence-electron chi connectivity index (χ2n) is 5.78. The largest absolute Gasteiger partial charge is 0.381 e. The molecule has 0 atom stereocenters. The quantitative estimate of drug-likeness (QED) is 0.776. The van der Waals surface area contributed by atoms with E-state index < -0.39 is 11.2 Å². The van der Waals surface area contributed by atoms with Crippen molar-refractivity contribution in [3.05, 3.63) is 63.3 Å². The van der Waals surface area contributed by atoms with Gasteiger partial charge in [-0.25, -0.2) is 4.39 Å². The summed E-state index contributed by atoms with van der Waals surface area (Å²) in [6.07, 6.45) is 1.19. The Morgan fingerprint density at radius 3 is 2.46 bits per heavy atom. The first-order valence-corrected chi connectivity index (χ1v) is 8.79. The predicted molar refractivity (Wildman–Crippen MR) is 95.9 cm³/mol. The van der Waals surface area contributed by atoms with Crippen LogP contribution in [0.25, 0.3) is 0 Å². The number of rotatable bonds is 3. The molecular formula is C18H16BrClFNO2. The molecule has 3 rings (SSSR count). The predicted octanol–water partition coefficient (Wildman–Crippen LogP) is 4.93. The summed E-state index contributed by atoms with van der Waals surface area (Å²) in [6, 6.07) is 11.9. The molecule has 0 spiro atoms. The van der Waals surface area contributed by atoms with Gasteiger partial charge in [-0.2, -0.15) is 0 Å². The topological polar surface area (TPSA) is 38.3 Å². The third-order valence-corrected chi connectivity index (χ3v) is 5.17. The first-order chi connectivity index (χ1) is 11.5. The number of carbonyl (C=O) groups is 1. The fourth-order valence-electron chi connectivity index (χ4n) is 2.96. The van der Waals surface area contributed by atoms with Crippen LogP contribution in [0.5, 0.6) is 0 Å². The number of nitrogens with one attached hydrogen (secondary N) is 1. The van der Waals surface area contributed by atoms with Gasteiger partial charge >= 0.3 is 0 Å². The van der Waals surface area contributed by atoms with E-state index in [-0.39, 0.29) is 10.9 Å². The van der Waals surface area contributed by atoms with E-state index >= 15 is 0 Å². The maximum atomic E-state index is 13.3. The molecule has 1 N–H and O–H groups in total. The molecule has 0 radical (unpaired) electrons. The zero-order valence-corrected chi connectivity index (χ0v) is 15.2. The molecule has 3 nitrogen and oxygen atoms in total. The van der Waals surface area contributed by atoms with Crippen LogP contribution < -0.4 is 5.32 Å². The highest BCUT2D eigenvalue weighted by Crippen LogP contribution is 2.37. The maximum Gasteiger partial charge on any atom is 0.235 e. The summed E-state index contributed by atoms with van der Waals surface area (Å²) in [6.45, 7) is 1.04. The van der Waals surface area contributed by atoms with E-state index in [1.54, 1.807) is 0 Å². The molecule has 1 heterocycles. The van der Waals surface area contributed by atoms with Gasteiger partial charge in [-0.1, -0.05) is 39.7 Å². The van der Waals surface area contributed by atoms with Crippen LogP contribution in [0.4, 0.5) is 10.1 Å². The van der Waals surface area contributed by atoms with E-state index in [2.05, 4.69) is 21.2 Å². The van der Waals surface area contributed by atoms with Gasteiger partial charge in [-0.3, -0.25) is 4.79 Å². The first kappa shape index (κ1) is 17.4. The van der Waals surface area contributed by atoms with Gasteiger partial charge in [0, 0.05) is 23.4 Å². The van der Waals surface area contributed by atoms with E-state index in [0.717, 1.165) is 10.0 Å². The summed E-state index contributed by atoms with van der Waals surface area (Å²) in [5.74, 6) is -0.640. The van der Waals surface area contributed by atoms with E-state index in [1.807, 2.05) is 24.3 Å². The van der Waals surface area contributed by atoms with Crippen LogP contribution in [-0.4, -0.2) is 19.1 Å². The zero-order chi connectivity index (χ0) is 17.2. The highest BCUT2D eigenvalue weighted by Gasteiger charge is 2.41. The van der Waals surface area contributed by atoms with Crippen molar-refractivity contribution in [1.29, 1.82) is 0 Å². The van der Waals surface area contributed by atoms with Gasteiger partial charge < -0.3 is 10.1 Å². The Balaban J connectivity index is 1.91. The second-order valence-corrected chi connectivity index (χ2v) is 7.11. The van der Waals surface area contributed by atoms with Gasteiger partial charge in [0.1, 0.15) is 5.82 Å². The summed E-state index contributed by atoms with van der Waals surface area (Å²) in [7, 11) is 0. The Bertz CT molecular complexity index is 745. The lowest BCUT2D eigenvalue weighted by atomic mass is 9.73. The number of hydrogen-bond donors (Lipinski definition) is 1. The molecule has 1 amide bonds. The number of ether oxygens (including phenoxy) is 1. The Morgan fingerprint density at radius 2 is 1.83 bits per heavy atom. The molecule has 6 heteroatoms. The molecular weight excluding hydrogens is 397 g/mol. The minimum Gasteiger partial charge on any atom is -0.381 e. The SMILES string of the molecule is O=C(Nc1ccc(F)c(Cl)c1)C1(c2ccc(Br)cc2)CCOCC1. The molecule has 1 aliphatic rings. The molecule has 126 valence electrons. The van der Waals surface area contributed by atoms with Crippen molar-refractivity contribution in [3.8, 4) is 0 Å². The van der Waals surface area contributed by atoms with Crippen LogP contribution in [0.15, 0.2) is 46.9 Å². The molecule has 0 saturated carbocycles. The monoisotopic (exact) mass is 411 g/mol. The van der Waals surface area contributed by atoms with Gasteiger partial charge in [0.2, 0.25) is 5.91 Å². The molecule has 24 heavy (non-hydrogen) atoms. The molecule has 0 aliphatic carbocycles. The average Bonchev–Trinajstić information content (AvgIpc) is 2.59. The number of carbonyl (C=O) groups excluding carboxylic acids is 1. The normalized spacial score (nSPS) is 16.6. The lowest BCUT2D eigenvalue weighted by molar-refractivity contribution is -0.125. The zero-order valence-electron chi connectivity index (χ0n) is 12.8. The van der Waals surface area contributed by atoms with Gasteiger partial charge in [-0.05, 0) is 48.7 Å². The maximum absolute atomic E-state index is 13.3. The van der Waals surface area contributed by atoms with E-state index in [4.69, 9.17) is 16.3 Å². The van der Waals surface area contributed by atoms with Crippen molar-refractivity contribution < 1.29 is 13.9 Å². The lowest BCUT2D eigenvalue weighted by Gasteiger charge is -2.36. The van der Waals surface area contributed by atoms with Crippen LogP contribution >= 0.6 is 27.5 Å². The van der Waals surface area contributed by atoms with Crippen LogP contribution in [-0.2, 0) is 14.9 Å². The molecule has 1 saturated heterocycles. The standard InChI is InChI=1S/C18H16BrClFNO2/c19-13-3-1-12(2-4-13)18(7-9-24-10-8-18)17(23)22-14-5-6-16(21)15(20)11-14/h1-6,11H,7-10H2,(H,22,23). The van der Waals surface area contributed by atoms with Crippen molar-refractivity contribution in [3.63, 3.8) is 0 Å². The fraction of sp³-hybridized carbons (Fsp3) is 0.278. The minimum atomic E-state index is -0.667. The molecule has 1 fully saturated rings. The van der Waals surface area contributed by atoms with Crippen molar-refractivity contribution >= 4 is 39.1 Å². The van der Waals surface area contributed by atoms with Crippen LogP contribution in [0.1, 0.15) is 18.4 Å². The third kappa shape index (κ3) is 3.48. The minimum absolute atomic E-state index is 0.0162. The summed E-state index contributed by atoms with van der Waals surface area (Å²) in [5, 5.41) is 2.86. The molecule has 0 unspecified atom stereocenters. The Kier molecular flexibility index (Phi) is 5.23. The van der Waals surface area contributed by atoms with Gasteiger partial charge in [0.15, 0.2) is 0 Å². The summed E-state index contributed by atoms with van der Waals surface area (Å²) < 4.78 is 19.7. The van der Waals surface area contributed by atoms with Crippen molar-refractivity contribution in [1.82, 2.24) is 0 Å². The third-order valence-electron chi connectivity index (χ3n) is 4.36. The molecule has 0 bridgehead atoms. The smallest absolute Gasteiger partial charge is 0.235 e. The summed E-state index contributed by atoms with van der Waals surface area (Å²) in [5.41, 5.74) is 0.758. The molecule has 0 aromatic heterocycles. The fourth-order valence-corrected chi connectivity index (χ4v) is 3.41. The van der Waals surface area contributed by atoms with Crippen molar-refractivity contribution in [2.24, 2.45) is 0 Å². The number of benzene rings is 2. The van der Waals surface area contributed by atoms with Crippen LogP contribution in [0.3, 0.4) is 0 Å². The number of anilines is 1. The Morgan fingerprint density at radius 1 is 1.17 bits per heavy atom. The van der Waals surface area contributed by atoms with Crippen LogP contribution in [0.2, 0.25) is 5.02 Å². The van der Waals surface area contributed by atoms with Gasteiger partial charge in [0.05, 0.1) is 10.4 Å². The number of hydrogen-bond acceptors (Lipinski definition) is 2. The second kappa shape index (κ2) is 7.21. The van der Waals surface area contributed by atoms with E-state index in [0.29, 0.717) is 31.7 Å². The average molecular weight is 413 g/mol. The highest BCUT2D eigenvalue weighted by molar-refractivity contribution is 9.10. The van der Waals surface area contributed by atoms with Gasteiger partial charge in [0.25, 0.3) is 0 Å². The van der Waals surface area contributed by atoms with Gasteiger partial charge in [-0.15, -0.1) is 0 Å². The highest BCUT2D eigenvalue weighted by atomic mass is 79.9. The van der Waals surface area contributed by atoms with E-state index in [9.17, 15) is 9.18 Å².